The van der Waals surface area contributed by atoms with Gasteiger partial charge in [-0.3, -0.25) is 4.79 Å². The molecule has 1 aromatic heterocycles. The maximum atomic E-state index is 12.2. The number of carbonyl (C=O) groups is 2. The molecular weight excluding hydrogens is 327 g/mol. The number of hydrogen-bond donors (Lipinski definition) is 2. The standard InChI is InChI=1S/C15H18F3N3O3/c16-15(17,18)6-5-12(22)21-8-2-3-10(9-21)20-13-11(14(23)24)4-1-7-19-13/h1,4,7,10H,2-3,5-6,8-9H2,(H,19,20)(H,23,24)/t10-/m1/s1. The Bertz CT molecular complexity index is 607. The molecule has 1 amide bonds. The summed E-state index contributed by atoms with van der Waals surface area (Å²) in [7, 11) is 0. The number of halogens is 3. The molecule has 1 fully saturated rings. The van der Waals surface area contributed by atoms with Crippen LogP contribution in [0, 0.1) is 0 Å². The first kappa shape index (κ1) is 18.0. The van der Waals surface area contributed by atoms with E-state index in [1.807, 2.05) is 0 Å². The second-order valence-corrected chi connectivity index (χ2v) is 5.64. The summed E-state index contributed by atoms with van der Waals surface area (Å²) in [5.41, 5.74) is 0.0121. The second-order valence-electron chi connectivity index (χ2n) is 5.64. The Hall–Kier alpha value is -2.32. The lowest BCUT2D eigenvalue weighted by Crippen LogP contribution is -2.45. The van der Waals surface area contributed by atoms with Crippen LogP contribution in [0.2, 0.25) is 0 Å². The lowest BCUT2D eigenvalue weighted by molar-refractivity contribution is -0.149. The highest BCUT2D eigenvalue weighted by molar-refractivity contribution is 5.93. The van der Waals surface area contributed by atoms with E-state index in [-0.39, 0.29) is 24.0 Å². The van der Waals surface area contributed by atoms with Crippen LogP contribution < -0.4 is 5.32 Å². The van der Waals surface area contributed by atoms with Gasteiger partial charge in [-0.25, -0.2) is 9.78 Å². The van der Waals surface area contributed by atoms with Crippen LogP contribution >= 0.6 is 0 Å². The lowest BCUT2D eigenvalue weighted by atomic mass is 10.0. The van der Waals surface area contributed by atoms with Crippen LogP contribution in [0.15, 0.2) is 18.3 Å². The maximum Gasteiger partial charge on any atom is 0.389 e. The van der Waals surface area contributed by atoms with Crippen molar-refractivity contribution < 1.29 is 27.9 Å². The Morgan fingerprint density at radius 1 is 1.42 bits per heavy atom. The first-order chi connectivity index (χ1) is 11.3. The van der Waals surface area contributed by atoms with E-state index in [1.165, 1.54) is 23.2 Å². The summed E-state index contributed by atoms with van der Waals surface area (Å²) in [6.45, 7) is 0.634. The van der Waals surface area contributed by atoms with Crippen LogP contribution in [0.4, 0.5) is 19.0 Å². The fourth-order valence-corrected chi connectivity index (χ4v) is 2.61. The third-order valence-electron chi connectivity index (χ3n) is 3.78. The van der Waals surface area contributed by atoms with Gasteiger partial charge in [0.25, 0.3) is 0 Å². The first-order valence-corrected chi connectivity index (χ1v) is 7.55. The molecule has 0 bridgehead atoms. The summed E-state index contributed by atoms with van der Waals surface area (Å²) in [6, 6.07) is 2.66. The Kier molecular flexibility index (Phi) is 5.63. The van der Waals surface area contributed by atoms with E-state index in [9.17, 15) is 22.8 Å². The van der Waals surface area contributed by atoms with Gasteiger partial charge in [0.05, 0.1) is 6.42 Å². The number of anilines is 1. The van der Waals surface area contributed by atoms with Gasteiger partial charge in [-0.05, 0) is 25.0 Å². The number of carboxylic acids is 1. The number of pyridine rings is 1. The molecule has 1 aliphatic heterocycles. The number of nitrogens with one attached hydrogen (secondary N) is 1. The van der Waals surface area contributed by atoms with Crippen molar-refractivity contribution in [2.75, 3.05) is 18.4 Å². The molecule has 1 saturated heterocycles. The van der Waals surface area contributed by atoms with Crippen molar-refractivity contribution in [3.8, 4) is 0 Å². The van der Waals surface area contributed by atoms with Gasteiger partial charge in [0, 0.05) is 31.7 Å². The summed E-state index contributed by atoms with van der Waals surface area (Å²) < 4.78 is 36.7. The topological polar surface area (TPSA) is 82.5 Å². The van der Waals surface area contributed by atoms with Gasteiger partial charge in [0.2, 0.25) is 5.91 Å². The molecule has 132 valence electrons. The number of hydrogen-bond acceptors (Lipinski definition) is 4. The van der Waals surface area contributed by atoms with Crippen LogP contribution in [0.3, 0.4) is 0 Å². The number of aromatic carboxylic acids is 1. The minimum absolute atomic E-state index is 0.0121. The van der Waals surface area contributed by atoms with Crippen LogP contribution in [-0.4, -0.2) is 52.2 Å². The van der Waals surface area contributed by atoms with Crippen molar-refractivity contribution in [1.29, 1.82) is 0 Å². The molecule has 24 heavy (non-hydrogen) atoms. The van der Waals surface area contributed by atoms with Gasteiger partial charge in [-0.1, -0.05) is 0 Å². The number of nitrogens with zero attached hydrogens (tertiary/aromatic N) is 2. The van der Waals surface area contributed by atoms with Crippen LogP contribution in [0.1, 0.15) is 36.0 Å². The average molecular weight is 345 g/mol. The van der Waals surface area contributed by atoms with E-state index in [0.717, 1.165) is 0 Å². The predicted octanol–water partition coefficient (Wildman–Crippen LogP) is 2.53. The molecule has 0 spiro atoms. The smallest absolute Gasteiger partial charge is 0.389 e. The molecule has 1 atom stereocenters. The molecule has 0 aliphatic carbocycles. The van der Waals surface area contributed by atoms with Gasteiger partial charge in [0.15, 0.2) is 0 Å². The fraction of sp³-hybridized carbons (Fsp3) is 0.533. The number of carboxylic acid groups (broad SMARTS) is 1. The molecule has 0 radical (unpaired) electrons. The quantitative estimate of drug-likeness (QED) is 0.857. The molecule has 1 aliphatic rings. The average Bonchev–Trinajstić information content (AvgIpc) is 2.52. The van der Waals surface area contributed by atoms with E-state index in [0.29, 0.717) is 19.4 Å². The molecule has 2 rings (SSSR count). The highest BCUT2D eigenvalue weighted by Crippen LogP contribution is 2.23. The number of likely N-dealkylation sites (tertiary alicyclic amines) is 1. The van der Waals surface area contributed by atoms with Crippen molar-refractivity contribution in [2.45, 2.75) is 37.9 Å². The first-order valence-electron chi connectivity index (χ1n) is 7.55. The highest BCUT2D eigenvalue weighted by Gasteiger charge is 2.31. The van der Waals surface area contributed by atoms with Gasteiger partial charge < -0.3 is 15.3 Å². The van der Waals surface area contributed by atoms with Gasteiger partial charge >= 0.3 is 12.1 Å². The number of amides is 1. The van der Waals surface area contributed by atoms with Gasteiger partial charge in [-0.2, -0.15) is 13.2 Å². The van der Waals surface area contributed by atoms with Crippen LogP contribution in [0.5, 0.6) is 0 Å². The molecule has 0 saturated carbocycles. The largest absolute Gasteiger partial charge is 0.478 e. The zero-order valence-electron chi connectivity index (χ0n) is 12.8. The lowest BCUT2D eigenvalue weighted by Gasteiger charge is -2.33. The molecule has 9 heteroatoms. The molecule has 0 unspecified atom stereocenters. The summed E-state index contributed by atoms with van der Waals surface area (Å²) in [6.07, 6.45) is -3.30. The molecule has 0 aromatic carbocycles. The van der Waals surface area contributed by atoms with E-state index in [4.69, 9.17) is 5.11 Å². The highest BCUT2D eigenvalue weighted by atomic mass is 19.4. The van der Waals surface area contributed by atoms with E-state index in [2.05, 4.69) is 10.3 Å². The Labute approximate surface area is 136 Å². The summed E-state index contributed by atoms with van der Waals surface area (Å²) in [5, 5.41) is 12.1. The van der Waals surface area contributed by atoms with E-state index in [1.54, 1.807) is 0 Å². The fourth-order valence-electron chi connectivity index (χ4n) is 2.61. The van der Waals surface area contributed by atoms with Crippen LogP contribution in [0.25, 0.3) is 0 Å². The Morgan fingerprint density at radius 3 is 2.83 bits per heavy atom. The zero-order chi connectivity index (χ0) is 17.7. The minimum atomic E-state index is -4.35. The summed E-state index contributed by atoms with van der Waals surface area (Å²) in [4.78, 5) is 28.4. The number of aromatic nitrogens is 1. The zero-order valence-corrected chi connectivity index (χ0v) is 12.8. The van der Waals surface area contributed by atoms with E-state index < -0.39 is 30.9 Å². The number of piperidine rings is 1. The minimum Gasteiger partial charge on any atom is -0.478 e. The molecular formula is C15H18F3N3O3. The molecule has 2 heterocycles. The number of carbonyl (C=O) groups excluding carboxylic acids is 1. The van der Waals surface area contributed by atoms with Crippen molar-refractivity contribution in [2.24, 2.45) is 0 Å². The SMILES string of the molecule is O=C(O)c1cccnc1N[C@@H]1CCCN(C(=O)CCC(F)(F)F)C1. The van der Waals surface area contributed by atoms with Crippen molar-refractivity contribution in [3.05, 3.63) is 23.9 Å². The van der Waals surface area contributed by atoms with Crippen molar-refractivity contribution in [1.82, 2.24) is 9.88 Å². The molecule has 2 N–H and O–H groups in total. The van der Waals surface area contributed by atoms with Gasteiger partial charge in [0.1, 0.15) is 11.4 Å². The third-order valence-corrected chi connectivity index (χ3v) is 3.78. The van der Waals surface area contributed by atoms with Crippen LogP contribution in [-0.2, 0) is 4.79 Å². The summed E-state index contributed by atoms with van der Waals surface area (Å²) >= 11 is 0. The third kappa shape index (κ3) is 5.10. The van der Waals surface area contributed by atoms with Crippen molar-refractivity contribution >= 4 is 17.7 Å². The van der Waals surface area contributed by atoms with Gasteiger partial charge in [-0.15, -0.1) is 0 Å². The monoisotopic (exact) mass is 345 g/mol. The van der Waals surface area contributed by atoms with Crippen molar-refractivity contribution in [3.63, 3.8) is 0 Å². The molecule has 6 nitrogen and oxygen atoms in total. The molecule has 1 aromatic rings. The Balaban J connectivity index is 1.96. The number of alkyl halides is 3. The number of rotatable bonds is 5. The predicted molar refractivity (Wildman–Crippen MR) is 79.7 cm³/mol. The second kappa shape index (κ2) is 7.50. The summed E-state index contributed by atoms with van der Waals surface area (Å²) in [5.74, 6) is -1.47. The van der Waals surface area contributed by atoms with E-state index >= 15 is 0 Å². The maximum absolute atomic E-state index is 12.2. The Morgan fingerprint density at radius 2 is 2.17 bits per heavy atom. The normalized spacial score (nSPS) is 18.3.